The minimum atomic E-state index is 0.133. The number of likely N-dealkylation sites (tertiary alicyclic amines) is 1. The van der Waals surface area contributed by atoms with Gasteiger partial charge >= 0.3 is 0 Å². The van der Waals surface area contributed by atoms with Crippen molar-refractivity contribution < 1.29 is 4.79 Å². The first-order chi connectivity index (χ1) is 11.8. The van der Waals surface area contributed by atoms with Crippen molar-refractivity contribution in [1.29, 1.82) is 0 Å². The highest BCUT2D eigenvalue weighted by Gasteiger charge is 2.32. The second kappa shape index (κ2) is 6.78. The van der Waals surface area contributed by atoms with Crippen LogP contribution in [0.5, 0.6) is 0 Å². The van der Waals surface area contributed by atoms with Gasteiger partial charge < -0.3 is 4.90 Å². The first-order valence-electron chi connectivity index (χ1n) is 8.97. The van der Waals surface area contributed by atoms with E-state index < -0.39 is 0 Å². The van der Waals surface area contributed by atoms with Crippen LogP contribution in [0.15, 0.2) is 54.6 Å². The summed E-state index contributed by atoms with van der Waals surface area (Å²) in [5.74, 6) is 0.450. The quantitative estimate of drug-likeness (QED) is 0.864. The molecule has 0 saturated carbocycles. The summed E-state index contributed by atoms with van der Waals surface area (Å²) >= 11 is 0. The Morgan fingerprint density at radius 2 is 1.79 bits per heavy atom. The van der Waals surface area contributed by atoms with Crippen LogP contribution in [0.25, 0.3) is 0 Å². The number of amides is 1. The van der Waals surface area contributed by atoms with E-state index in [4.69, 9.17) is 0 Å². The fraction of sp³-hybridized carbons (Fsp3) is 0.381. The topological polar surface area (TPSA) is 23.6 Å². The van der Waals surface area contributed by atoms with Crippen molar-refractivity contribution in [3.05, 3.63) is 65.7 Å². The molecule has 1 atom stereocenters. The molecular weight excluding hydrogens is 296 g/mol. The highest BCUT2D eigenvalue weighted by atomic mass is 16.2. The van der Waals surface area contributed by atoms with Gasteiger partial charge in [-0.15, -0.1) is 0 Å². The molecule has 4 rings (SSSR count). The molecule has 1 amide bonds. The number of nitrogens with zero attached hydrogens (tertiary/aromatic N) is 2. The molecule has 0 radical (unpaired) electrons. The van der Waals surface area contributed by atoms with Crippen LogP contribution >= 0.6 is 0 Å². The van der Waals surface area contributed by atoms with Gasteiger partial charge in [0.1, 0.15) is 0 Å². The fourth-order valence-electron chi connectivity index (χ4n) is 4.03. The van der Waals surface area contributed by atoms with Crippen LogP contribution in [0.2, 0.25) is 0 Å². The molecule has 0 N–H and O–H groups in total. The summed E-state index contributed by atoms with van der Waals surface area (Å²) in [4.78, 5) is 17.5. The Kier molecular flexibility index (Phi) is 4.35. The number of rotatable bonds is 3. The van der Waals surface area contributed by atoms with E-state index in [2.05, 4.69) is 53.4 Å². The minimum Gasteiger partial charge on any atom is -0.312 e. The number of fused-ring (bicyclic) bond motifs is 1. The lowest BCUT2D eigenvalue weighted by Crippen LogP contribution is -2.44. The average molecular weight is 320 g/mol. The van der Waals surface area contributed by atoms with Crippen molar-refractivity contribution >= 4 is 11.6 Å². The number of hydrogen-bond donors (Lipinski definition) is 0. The number of hydrogen-bond acceptors (Lipinski definition) is 2. The molecular formula is C21H24N2O. The summed E-state index contributed by atoms with van der Waals surface area (Å²) in [5, 5.41) is 0. The maximum atomic E-state index is 13.1. The zero-order valence-electron chi connectivity index (χ0n) is 14.0. The van der Waals surface area contributed by atoms with Crippen LogP contribution < -0.4 is 4.90 Å². The van der Waals surface area contributed by atoms with E-state index in [9.17, 15) is 4.79 Å². The lowest BCUT2D eigenvalue weighted by Gasteiger charge is -2.34. The van der Waals surface area contributed by atoms with E-state index in [0.717, 1.165) is 51.1 Å². The summed E-state index contributed by atoms with van der Waals surface area (Å²) in [6, 6.07) is 18.9. The van der Waals surface area contributed by atoms with Gasteiger partial charge in [0.05, 0.1) is 5.92 Å². The van der Waals surface area contributed by atoms with Gasteiger partial charge in [-0.25, -0.2) is 0 Å². The number of benzene rings is 2. The van der Waals surface area contributed by atoms with Gasteiger partial charge in [-0.2, -0.15) is 0 Å². The van der Waals surface area contributed by atoms with Crippen molar-refractivity contribution in [2.45, 2.75) is 25.8 Å². The number of anilines is 1. The predicted molar refractivity (Wildman–Crippen MR) is 96.9 cm³/mol. The smallest absolute Gasteiger partial charge is 0.231 e. The third kappa shape index (κ3) is 3.09. The van der Waals surface area contributed by atoms with E-state index in [1.54, 1.807) is 0 Å². The van der Waals surface area contributed by atoms with E-state index in [1.807, 2.05) is 11.0 Å². The summed E-state index contributed by atoms with van der Waals surface area (Å²) in [6.45, 7) is 3.76. The summed E-state index contributed by atoms with van der Waals surface area (Å²) in [5.41, 5.74) is 3.77. The SMILES string of the molecule is O=C(C1CCCN(Cc2ccccc2)C1)N1CCc2ccccc21. The molecule has 3 nitrogen and oxygen atoms in total. The number of piperidine rings is 1. The van der Waals surface area contributed by atoms with E-state index in [-0.39, 0.29) is 5.92 Å². The summed E-state index contributed by atoms with van der Waals surface area (Å²) in [7, 11) is 0. The molecule has 2 aromatic rings. The van der Waals surface area contributed by atoms with Crippen molar-refractivity contribution in [2.24, 2.45) is 5.92 Å². The van der Waals surface area contributed by atoms with Crippen molar-refractivity contribution in [1.82, 2.24) is 4.90 Å². The number of carbonyl (C=O) groups is 1. The second-order valence-electron chi connectivity index (χ2n) is 6.93. The molecule has 0 aliphatic carbocycles. The lowest BCUT2D eigenvalue weighted by atomic mass is 9.96. The van der Waals surface area contributed by atoms with Crippen LogP contribution in [0, 0.1) is 5.92 Å². The van der Waals surface area contributed by atoms with Gasteiger partial charge in [0.2, 0.25) is 5.91 Å². The normalized spacial score (nSPS) is 20.8. The molecule has 0 bridgehead atoms. The first kappa shape index (κ1) is 15.4. The molecule has 0 aromatic heterocycles. The maximum Gasteiger partial charge on any atom is 0.231 e. The molecule has 2 aromatic carbocycles. The van der Waals surface area contributed by atoms with Crippen molar-refractivity contribution in [2.75, 3.05) is 24.5 Å². The highest BCUT2D eigenvalue weighted by molar-refractivity contribution is 5.97. The predicted octanol–water partition coefficient (Wildman–Crippen LogP) is 3.49. The molecule has 0 spiro atoms. The van der Waals surface area contributed by atoms with Crippen LogP contribution in [-0.4, -0.2) is 30.4 Å². The van der Waals surface area contributed by atoms with Gasteiger partial charge in [0.15, 0.2) is 0 Å². The summed E-state index contributed by atoms with van der Waals surface area (Å²) in [6.07, 6.45) is 3.11. The van der Waals surface area contributed by atoms with E-state index >= 15 is 0 Å². The fourth-order valence-corrected chi connectivity index (χ4v) is 4.03. The van der Waals surface area contributed by atoms with Crippen LogP contribution in [0.3, 0.4) is 0 Å². The molecule has 2 heterocycles. The highest BCUT2D eigenvalue weighted by Crippen LogP contribution is 2.30. The van der Waals surface area contributed by atoms with Crippen molar-refractivity contribution in [3.8, 4) is 0 Å². The Morgan fingerprint density at radius 3 is 2.67 bits per heavy atom. The van der Waals surface area contributed by atoms with Gasteiger partial charge in [0, 0.05) is 25.3 Å². The Labute approximate surface area is 143 Å². The molecule has 2 aliphatic rings. The van der Waals surface area contributed by atoms with Crippen LogP contribution in [-0.2, 0) is 17.8 Å². The van der Waals surface area contributed by atoms with Crippen LogP contribution in [0.4, 0.5) is 5.69 Å². The molecule has 3 heteroatoms. The summed E-state index contributed by atoms with van der Waals surface area (Å²) < 4.78 is 0. The first-order valence-corrected chi connectivity index (χ1v) is 8.97. The lowest BCUT2D eigenvalue weighted by molar-refractivity contribution is -0.124. The zero-order chi connectivity index (χ0) is 16.4. The second-order valence-corrected chi connectivity index (χ2v) is 6.93. The van der Waals surface area contributed by atoms with Gasteiger partial charge in [0.25, 0.3) is 0 Å². The third-order valence-corrected chi connectivity index (χ3v) is 5.26. The Bertz CT molecular complexity index is 713. The largest absolute Gasteiger partial charge is 0.312 e. The monoisotopic (exact) mass is 320 g/mol. The number of carbonyl (C=O) groups excluding carboxylic acids is 1. The van der Waals surface area contributed by atoms with Crippen LogP contribution in [0.1, 0.15) is 24.0 Å². The van der Waals surface area contributed by atoms with Gasteiger partial charge in [-0.1, -0.05) is 48.5 Å². The molecule has 1 fully saturated rings. The van der Waals surface area contributed by atoms with E-state index in [0.29, 0.717) is 5.91 Å². The van der Waals surface area contributed by atoms with E-state index in [1.165, 1.54) is 11.1 Å². The Hall–Kier alpha value is -2.13. The molecule has 1 saturated heterocycles. The Morgan fingerprint density at radius 1 is 1.00 bits per heavy atom. The average Bonchev–Trinajstić information content (AvgIpc) is 3.06. The molecule has 24 heavy (non-hydrogen) atoms. The standard InChI is InChI=1S/C21H24N2O/c24-21(23-14-12-18-9-4-5-11-20(18)23)19-10-6-13-22(16-19)15-17-7-2-1-3-8-17/h1-5,7-9,11,19H,6,10,12-16H2. The van der Waals surface area contributed by atoms with Crippen molar-refractivity contribution in [3.63, 3.8) is 0 Å². The number of para-hydroxylation sites is 1. The minimum absolute atomic E-state index is 0.133. The maximum absolute atomic E-state index is 13.1. The Balaban J connectivity index is 1.44. The van der Waals surface area contributed by atoms with Gasteiger partial charge in [-0.05, 0) is 43.0 Å². The molecule has 2 aliphatic heterocycles. The van der Waals surface area contributed by atoms with Gasteiger partial charge in [-0.3, -0.25) is 9.69 Å². The third-order valence-electron chi connectivity index (χ3n) is 5.26. The molecule has 1 unspecified atom stereocenters. The zero-order valence-corrected chi connectivity index (χ0v) is 14.0. The molecule has 124 valence electrons.